The quantitative estimate of drug-likeness (QED) is 0.393. The minimum atomic E-state index is -3.93. The van der Waals surface area contributed by atoms with Crippen molar-refractivity contribution in [2.75, 3.05) is 10.0 Å². The number of benzene rings is 3. The average molecular weight is 470 g/mol. The first-order valence-electron chi connectivity index (χ1n) is 9.38. The summed E-state index contributed by atoms with van der Waals surface area (Å²) < 4.78 is 51.3. The number of hydrogen-bond donors (Lipinski definition) is 3. The van der Waals surface area contributed by atoms with Crippen LogP contribution in [0, 0.1) is 6.92 Å². The maximum Gasteiger partial charge on any atom is 0.263 e. The monoisotopic (exact) mass is 469 g/mol. The lowest BCUT2D eigenvalue weighted by atomic mass is 10.2. The van der Waals surface area contributed by atoms with Gasteiger partial charge in [-0.3, -0.25) is 4.72 Å². The van der Waals surface area contributed by atoms with Crippen LogP contribution in [-0.4, -0.2) is 26.8 Å². The lowest BCUT2D eigenvalue weighted by Gasteiger charge is -2.14. The molecule has 0 spiro atoms. The molecule has 4 aromatic rings. The van der Waals surface area contributed by atoms with Crippen LogP contribution in [0.2, 0.25) is 0 Å². The highest BCUT2D eigenvalue weighted by molar-refractivity contribution is 7.92. The highest BCUT2D eigenvalue weighted by Crippen LogP contribution is 2.27. The summed E-state index contributed by atoms with van der Waals surface area (Å²) in [6.07, 6.45) is 0. The normalized spacial score (nSPS) is 11.9. The van der Waals surface area contributed by atoms with Crippen LogP contribution < -0.4 is 15.2 Å². The summed E-state index contributed by atoms with van der Waals surface area (Å²) in [5.41, 5.74) is 2.45. The van der Waals surface area contributed by atoms with Gasteiger partial charge in [-0.1, -0.05) is 29.8 Å². The van der Waals surface area contributed by atoms with E-state index in [2.05, 4.69) is 20.0 Å². The maximum atomic E-state index is 12.9. The minimum absolute atomic E-state index is 0.000187. The van der Waals surface area contributed by atoms with Crippen molar-refractivity contribution in [1.29, 1.82) is 0 Å². The lowest BCUT2D eigenvalue weighted by molar-refractivity contribution is 0.597. The molecular weight excluding hydrogens is 450 g/mol. The van der Waals surface area contributed by atoms with Crippen LogP contribution in [0.25, 0.3) is 11.0 Å². The molecular formula is C21H19N5O4S2. The fourth-order valence-electron chi connectivity index (χ4n) is 2.93. The molecule has 0 atom stereocenters. The summed E-state index contributed by atoms with van der Waals surface area (Å²) >= 11 is 0. The van der Waals surface area contributed by atoms with Crippen molar-refractivity contribution in [3.8, 4) is 0 Å². The highest BCUT2D eigenvalue weighted by atomic mass is 32.2. The molecule has 0 fully saturated rings. The smallest absolute Gasteiger partial charge is 0.263 e. The first kappa shape index (κ1) is 21.7. The summed E-state index contributed by atoms with van der Waals surface area (Å²) in [6.45, 7) is 1.86. The molecule has 164 valence electrons. The summed E-state index contributed by atoms with van der Waals surface area (Å²) in [5, 5.41) is 8.12. The van der Waals surface area contributed by atoms with Crippen molar-refractivity contribution >= 4 is 48.4 Å². The molecule has 0 amide bonds. The molecule has 3 aromatic carbocycles. The van der Waals surface area contributed by atoms with Gasteiger partial charge in [0.05, 0.1) is 20.8 Å². The summed E-state index contributed by atoms with van der Waals surface area (Å²) in [7, 11) is -7.76. The van der Waals surface area contributed by atoms with E-state index in [0.29, 0.717) is 16.7 Å². The number of para-hydroxylation sites is 2. The molecule has 0 aliphatic rings. The topological polar surface area (TPSA) is 144 Å². The van der Waals surface area contributed by atoms with E-state index in [9.17, 15) is 16.8 Å². The SMILES string of the molecule is Cc1ccc(S(=O)(=O)Nc2nc3ccccc3nc2Nc2ccc(S(N)(=O)=O)cc2)cc1. The Labute approximate surface area is 185 Å². The number of fused-ring (bicyclic) bond motifs is 1. The van der Waals surface area contributed by atoms with E-state index in [1.165, 1.54) is 36.4 Å². The van der Waals surface area contributed by atoms with Gasteiger partial charge in [0, 0.05) is 5.69 Å². The number of primary sulfonamides is 1. The molecule has 0 radical (unpaired) electrons. The van der Waals surface area contributed by atoms with Crippen molar-refractivity contribution in [1.82, 2.24) is 9.97 Å². The van der Waals surface area contributed by atoms with Crippen LogP contribution in [0.3, 0.4) is 0 Å². The van der Waals surface area contributed by atoms with Gasteiger partial charge in [-0.2, -0.15) is 0 Å². The van der Waals surface area contributed by atoms with Gasteiger partial charge in [-0.05, 0) is 55.5 Å². The lowest BCUT2D eigenvalue weighted by Crippen LogP contribution is -2.16. The Bertz CT molecular complexity index is 1500. The van der Waals surface area contributed by atoms with Crippen LogP contribution in [-0.2, 0) is 20.0 Å². The summed E-state index contributed by atoms with van der Waals surface area (Å²) in [5.74, 6) is 0.155. The summed E-state index contributed by atoms with van der Waals surface area (Å²) in [6, 6.07) is 19.1. The van der Waals surface area contributed by atoms with Crippen molar-refractivity contribution < 1.29 is 16.8 Å². The molecule has 0 saturated heterocycles. The van der Waals surface area contributed by atoms with Gasteiger partial charge in [0.25, 0.3) is 10.0 Å². The van der Waals surface area contributed by atoms with Gasteiger partial charge in [0.2, 0.25) is 10.0 Å². The third-order valence-corrected chi connectivity index (χ3v) is 6.86. The second-order valence-electron chi connectivity index (χ2n) is 7.02. The molecule has 0 aliphatic carbocycles. The summed E-state index contributed by atoms with van der Waals surface area (Å²) in [4.78, 5) is 8.95. The average Bonchev–Trinajstić information content (AvgIpc) is 2.74. The molecule has 4 N–H and O–H groups in total. The second kappa shape index (κ2) is 8.19. The molecule has 0 bridgehead atoms. The van der Waals surface area contributed by atoms with Crippen LogP contribution in [0.15, 0.2) is 82.6 Å². The Kier molecular flexibility index (Phi) is 5.55. The van der Waals surface area contributed by atoms with Crippen molar-refractivity contribution in [2.24, 2.45) is 5.14 Å². The molecule has 1 heterocycles. The number of aromatic nitrogens is 2. The van der Waals surface area contributed by atoms with Gasteiger partial charge >= 0.3 is 0 Å². The van der Waals surface area contributed by atoms with E-state index in [0.717, 1.165) is 5.56 Å². The number of nitrogens with two attached hydrogens (primary N) is 1. The number of rotatable bonds is 6. The van der Waals surface area contributed by atoms with Crippen LogP contribution in [0.4, 0.5) is 17.3 Å². The number of anilines is 3. The Hall–Kier alpha value is -3.54. The predicted octanol–water partition coefficient (Wildman–Crippen LogP) is 3.13. The van der Waals surface area contributed by atoms with Crippen LogP contribution in [0.5, 0.6) is 0 Å². The fraction of sp³-hybridized carbons (Fsp3) is 0.0476. The third-order valence-electron chi connectivity index (χ3n) is 4.58. The Morgan fingerprint density at radius 1 is 0.719 bits per heavy atom. The predicted molar refractivity (Wildman–Crippen MR) is 123 cm³/mol. The Morgan fingerprint density at radius 2 is 1.25 bits per heavy atom. The maximum absolute atomic E-state index is 12.9. The first-order valence-corrected chi connectivity index (χ1v) is 12.4. The number of sulfonamides is 2. The molecule has 4 rings (SSSR count). The van der Waals surface area contributed by atoms with E-state index in [1.54, 1.807) is 36.4 Å². The van der Waals surface area contributed by atoms with Gasteiger partial charge in [-0.15, -0.1) is 0 Å². The molecule has 9 nitrogen and oxygen atoms in total. The second-order valence-corrected chi connectivity index (χ2v) is 10.3. The van der Waals surface area contributed by atoms with Gasteiger partial charge in [-0.25, -0.2) is 31.9 Å². The molecule has 0 aliphatic heterocycles. The van der Waals surface area contributed by atoms with E-state index >= 15 is 0 Å². The standard InChI is InChI=1S/C21H19N5O4S2/c1-14-6-10-17(11-7-14)32(29,30)26-21-20(24-18-4-2-3-5-19(18)25-21)23-15-8-12-16(13-9-15)31(22,27)28/h2-13H,1H3,(H,23,24)(H,25,26)(H2,22,27,28). The Morgan fingerprint density at radius 3 is 1.81 bits per heavy atom. The molecule has 0 saturated carbocycles. The van der Waals surface area contributed by atoms with Crippen LogP contribution >= 0.6 is 0 Å². The van der Waals surface area contributed by atoms with Gasteiger partial charge in [0.1, 0.15) is 0 Å². The number of hydrogen-bond acceptors (Lipinski definition) is 7. The van der Waals surface area contributed by atoms with Crippen molar-refractivity contribution in [3.63, 3.8) is 0 Å². The van der Waals surface area contributed by atoms with Crippen LogP contribution in [0.1, 0.15) is 5.56 Å². The van der Waals surface area contributed by atoms with Gasteiger partial charge in [0.15, 0.2) is 11.6 Å². The van der Waals surface area contributed by atoms with E-state index in [-0.39, 0.29) is 21.4 Å². The molecule has 32 heavy (non-hydrogen) atoms. The number of nitrogens with zero attached hydrogens (tertiary/aromatic N) is 2. The first-order chi connectivity index (χ1) is 15.1. The minimum Gasteiger partial charge on any atom is -0.337 e. The molecule has 0 unspecified atom stereocenters. The van der Waals surface area contributed by atoms with E-state index in [1.807, 2.05) is 6.92 Å². The van der Waals surface area contributed by atoms with E-state index < -0.39 is 20.0 Å². The fourth-order valence-corrected chi connectivity index (χ4v) is 4.45. The zero-order valence-corrected chi connectivity index (χ0v) is 18.5. The molecule has 1 aromatic heterocycles. The zero-order valence-electron chi connectivity index (χ0n) is 16.8. The van der Waals surface area contributed by atoms with Crippen molar-refractivity contribution in [3.05, 3.63) is 78.4 Å². The third kappa shape index (κ3) is 4.69. The van der Waals surface area contributed by atoms with Gasteiger partial charge < -0.3 is 5.32 Å². The number of nitrogens with one attached hydrogen (secondary N) is 2. The van der Waals surface area contributed by atoms with Crippen molar-refractivity contribution in [2.45, 2.75) is 16.7 Å². The number of aryl methyl sites for hydroxylation is 1. The van der Waals surface area contributed by atoms with E-state index in [4.69, 9.17) is 5.14 Å². The highest BCUT2D eigenvalue weighted by Gasteiger charge is 2.19. The molecule has 11 heteroatoms. The zero-order chi connectivity index (χ0) is 22.9. The largest absolute Gasteiger partial charge is 0.337 e. The Balaban J connectivity index is 1.74.